The van der Waals surface area contributed by atoms with E-state index < -0.39 is 0 Å². The fourth-order valence-electron chi connectivity index (χ4n) is 3.16. The summed E-state index contributed by atoms with van der Waals surface area (Å²) < 4.78 is 0. The number of nitrogens with zero attached hydrogens (tertiary/aromatic N) is 1. The lowest BCUT2D eigenvalue weighted by Crippen LogP contribution is -2.31. The number of nitrogen functional groups attached to an aromatic ring is 1. The van der Waals surface area contributed by atoms with Crippen molar-refractivity contribution in [3.8, 4) is 0 Å². The number of aryl methyl sites for hydroxylation is 1. The van der Waals surface area contributed by atoms with Crippen LogP contribution in [0.15, 0.2) is 36.4 Å². The van der Waals surface area contributed by atoms with E-state index in [1.165, 1.54) is 22.3 Å². The molecule has 0 fully saturated rings. The van der Waals surface area contributed by atoms with Crippen LogP contribution in [0.2, 0.25) is 5.02 Å². The Morgan fingerprint density at radius 2 is 1.95 bits per heavy atom. The maximum atomic E-state index is 6.27. The molecule has 0 spiro atoms. The van der Waals surface area contributed by atoms with Crippen LogP contribution in [0.3, 0.4) is 0 Å². The fourth-order valence-corrected chi connectivity index (χ4v) is 3.45. The van der Waals surface area contributed by atoms with Crippen LogP contribution in [-0.4, -0.2) is 18.5 Å². The van der Waals surface area contributed by atoms with Crippen LogP contribution in [0.1, 0.15) is 28.2 Å². The Morgan fingerprint density at radius 1 is 1.20 bits per heavy atom. The Kier molecular flexibility index (Phi) is 3.45. The zero-order valence-electron chi connectivity index (χ0n) is 11.9. The standard InChI is InChI=1S/C17H19ClN2/c1-11-7-12(18)8-14-15(11)9-20(2)10-16(14)13-5-3-4-6-17(13)19/h3-8,16H,9-10,19H2,1-2H3. The Balaban J connectivity index is 2.18. The van der Waals surface area contributed by atoms with Crippen molar-refractivity contribution in [2.24, 2.45) is 0 Å². The highest BCUT2D eigenvalue weighted by Gasteiger charge is 2.27. The van der Waals surface area contributed by atoms with Crippen molar-refractivity contribution in [1.82, 2.24) is 4.90 Å². The Hall–Kier alpha value is -1.51. The monoisotopic (exact) mass is 286 g/mol. The van der Waals surface area contributed by atoms with Crippen molar-refractivity contribution >= 4 is 17.3 Å². The van der Waals surface area contributed by atoms with Gasteiger partial charge in [-0.25, -0.2) is 0 Å². The van der Waals surface area contributed by atoms with E-state index >= 15 is 0 Å². The van der Waals surface area contributed by atoms with Gasteiger partial charge in [-0.15, -0.1) is 0 Å². The molecule has 0 bridgehead atoms. The van der Waals surface area contributed by atoms with Crippen LogP contribution in [0.4, 0.5) is 5.69 Å². The van der Waals surface area contributed by atoms with Crippen LogP contribution in [0.5, 0.6) is 0 Å². The second-order valence-electron chi connectivity index (χ2n) is 5.67. The number of hydrogen-bond acceptors (Lipinski definition) is 2. The molecule has 104 valence electrons. The number of halogens is 1. The third-order valence-corrected chi connectivity index (χ3v) is 4.36. The number of anilines is 1. The van der Waals surface area contributed by atoms with E-state index in [1.54, 1.807) is 0 Å². The van der Waals surface area contributed by atoms with Gasteiger partial charge in [0.05, 0.1) is 0 Å². The molecule has 0 amide bonds. The summed E-state index contributed by atoms with van der Waals surface area (Å²) in [4.78, 5) is 2.35. The molecular weight excluding hydrogens is 268 g/mol. The summed E-state index contributed by atoms with van der Waals surface area (Å²) in [5, 5.41) is 0.810. The molecule has 1 unspecified atom stereocenters. The van der Waals surface area contributed by atoms with E-state index in [2.05, 4.69) is 37.1 Å². The summed E-state index contributed by atoms with van der Waals surface area (Å²) in [6.45, 7) is 4.08. The van der Waals surface area contributed by atoms with Gasteiger partial charge in [0.15, 0.2) is 0 Å². The molecule has 1 aliphatic rings. The number of para-hydroxylation sites is 1. The highest BCUT2D eigenvalue weighted by atomic mass is 35.5. The lowest BCUT2D eigenvalue weighted by Gasteiger charge is -2.34. The number of rotatable bonds is 1. The van der Waals surface area contributed by atoms with Crippen LogP contribution < -0.4 is 5.73 Å². The SMILES string of the molecule is Cc1cc(Cl)cc2c1CN(C)CC2c1ccccc1N. The maximum Gasteiger partial charge on any atom is 0.0411 e. The van der Waals surface area contributed by atoms with E-state index in [0.717, 1.165) is 23.8 Å². The van der Waals surface area contributed by atoms with Crippen LogP contribution in [0, 0.1) is 6.92 Å². The first-order chi connectivity index (χ1) is 9.56. The van der Waals surface area contributed by atoms with Gasteiger partial charge in [-0.3, -0.25) is 0 Å². The Labute approximate surface area is 125 Å². The van der Waals surface area contributed by atoms with Crippen LogP contribution in [0.25, 0.3) is 0 Å². The second-order valence-corrected chi connectivity index (χ2v) is 6.11. The summed E-state index contributed by atoms with van der Waals surface area (Å²) in [6.07, 6.45) is 0. The average Bonchev–Trinajstić information content (AvgIpc) is 2.40. The predicted molar refractivity (Wildman–Crippen MR) is 85.2 cm³/mol. The molecule has 1 heterocycles. The lowest BCUT2D eigenvalue weighted by atomic mass is 9.82. The van der Waals surface area contributed by atoms with Gasteiger partial charge in [0.1, 0.15) is 0 Å². The molecule has 1 atom stereocenters. The topological polar surface area (TPSA) is 29.3 Å². The Bertz CT molecular complexity index is 651. The molecule has 3 heteroatoms. The van der Waals surface area contributed by atoms with E-state index in [4.69, 9.17) is 17.3 Å². The van der Waals surface area contributed by atoms with Gasteiger partial charge in [0.25, 0.3) is 0 Å². The minimum atomic E-state index is 0.294. The van der Waals surface area contributed by atoms with Gasteiger partial charge in [-0.05, 0) is 54.4 Å². The summed E-state index contributed by atoms with van der Waals surface area (Å²) >= 11 is 6.27. The Morgan fingerprint density at radius 3 is 2.70 bits per heavy atom. The lowest BCUT2D eigenvalue weighted by molar-refractivity contribution is 0.294. The molecule has 20 heavy (non-hydrogen) atoms. The highest BCUT2D eigenvalue weighted by molar-refractivity contribution is 6.30. The van der Waals surface area contributed by atoms with Gasteiger partial charge in [-0.1, -0.05) is 29.8 Å². The van der Waals surface area contributed by atoms with Crippen molar-refractivity contribution < 1.29 is 0 Å². The summed E-state index contributed by atoms with van der Waals surface area (Å²) in [5.74, 6) is 0.294. The molecule has 0 saturated heterocycles. The number of nitrogens with two attached hydrogens (primary N) is 1. The van der Waals surface area contributed by atoms with Gasteiger partial charge in [0.2, 0.25) is 0 Å². The summed E-state index contributed by atoms with van der Waals surface area (Å²) in [7, 11) is 2.16. The first kappa shape index (κ1) is 13.5. The predicted octanol–water partition coefficient (Wildman–Crippen LogP) is 3.81. The highest BCUT2D eigenvalue weighted by Crippen LogP contribution is 2.38. The minimum Gasteiger partial charge on any atom is -0.398 e. The molecule has 3 rings (SSSR count). The van der Waals surface area contributed by atoms with Crippen molar-refractivity contribution in [1.29, 1.82) is 0 Å². The number of likely N-dealkylation sites (N-methyl/N-ethyl adjacent to an activating group) is 1. The van der Waals surface area contributed by atoms with Crippen molar-refractivity contribution in [3.63, 3.8) is 0 Å². The number of benzene rings is 2. The maximum absolute atomic E-state index is 6.27. The normalized spacial score (nSPS) is 18.9. The van der Waals surface area contributed by atoms with Gasteiger partial charge in [-0.2, -0.15) is 0 Å². The van der Waals surface area contributed by atoms with Crippen LogP contribution >= 0.6 is 11.6 Å². The molecule has 0 aliphatic carbocycles. The minimum absolute atomic E-state index is 0.294. The third kappa shape index (κ3) is 2.30. The quantitative estimate of drug-likeness (QED) is 0.808. The molecule has 2 N–H and O–H groups in total. The van der Waals surface area contributed by atoms with Gasteiger partial charge < -0.3 is 10.6 Å². The van der Waals surface area contributed by atoms with Crippen molar-refractivity contribution in [3.05, 3.63) is 63.7 Å². The fraction of sp³-hybridized carbons (Fsp3) is 0.294. The smallest absolute Gasteiger partial charge is 0.0411 e. The average molecular weight is 287 g/mol. The molecule has 1 aliphatic heterocycles. The van der Waals surface area contributed by atoms with E-state index in [-0.39, 0.29) is 0 Å². The van der Waals surface area contributed by atoms with Crippen molar-refractivity contribution in [2.75, 3.05) is 19.3 Å². The second kappa shape index (κ2) is 5.12. The zero-order chi connectivity index (χ0) is 14.3. The van der Waals surface area contributed by atoms with E-state index in [0.29, 0.717) is 5.92 Å². The van der Waals surface area contributed by atoms with Crippen LogP contribution in [-0.2, 0) is 6.54 Å². The van der Waals surface area contributed by atoms with E-state index in [9.17, 15) is 0 Å². The van der Waals surface area contributed by atoms with Gasteiger partial charge in [0, 0.05) is 29.7 Å². The molecule has 0 radical (unpaired) electrons. The number of hydrogen-bond donors (Lipinski definition) is 1. The van der Waals surface area contributed by atoms with E-state index in [1.807, 2.05) is 18.2 Å². The molecular formula is C17H19ClN2. The largest absolute Gasteiger partial charge is 0.398 e. The third-order valence-electron chi connectivity index (χ3n) is 4.14. The zero-order valence-corrected chi connectivity index (χ0v) is 12.6. The summed E-state index contributed by atoms with van der Waals surface area (Å²) in [5.41, 5.74) is 12.2. The van der Waals surface area contributed by atoms with Gasteiger partial charge >= 0.3 is 0 Å². The number of fused-ring (bicyclic) bond motifs is 1. The first-order valence-electron chi connectivity index (χ1n) is 6.88. The molecule has 2 aromatic rings. The summed E-state index contributed by atoms with van der Waals surface area (Å²) in [6, 6.07) is 12.3. The molecule has 2 nitrogen and oxygen atoms in total. The van der Waals surface area contributed by atoms with Crippen molar-refractivity contribution in [2.45, 2.75) is 19.4 Å². The first-order valence-corrected chi connectivity index (χ1v) is 7.26. The molecule has 2 aromatic carbocycles. The molecule has 0 saturated carbocycles. The molecule has 0 aromatic heterocycles.